The normalized spacial score (nSPS) is 16.7. The summed E-state index contributed by atoms with van der Waals surface area (Å²) in [5.74, 6) is 0. The van der Waals surface area contributed by atoms with Crippen molar-refractivity contribution in [3.8, 4) is 0 Å². The van der Waals surface area contributed by atoms with E-state index in [-0.39, 0.29) is 0 Å². The minimum absolute atomic E-state index is 0.302. The number of fused-ring (bicyclic) bond motifs is 1. The van der Waals surface area contributed by atoms with Crippen LogP contribution in [0.1, 0.15) is 29.7 Å². The molecule has 1 heterocycles. The number of benzene rings is 2. The van der Waals surface area contributed by atoms with Gasteiger partial charge < -0.3 is 5.73 Å². The Morgan fingerprint density at radius 3 is 2.75 bits per heavy atom. The van der Waals surface area contributed by atoms with Crippen molar-refractivity contribution in [2.24, 2.45) is 0 Å². The zero-order valence-electron chi connectivity index (χ0n) is 11.6. The molecule has 2 aromatic carbocycles. The van der Waals surface area contributed by atoms with Crippen LogP contribution in [0.4, 0.5) is 5.69 Å². The number of rotatable bonds is 2. The minimum atomic E-state index is 0.302. The van der Waals surface area contributed by atoms with Gasteiger partial charge in [-0.05, 0) is 42.2 Å². The van der Waals surface area contributed by atoms with E-state index in [0.29, 0.717) is 6.04 Å². The molecule has 0 aliphatic carbocycles. The highest BCUT2D eigenvalue weighted by Gasteiger charge is 2.23. The maximum atomic E-state index is 6.32. The first kappa shape index (κ1) is 13.5. The Hall–Kier alpha value is -1.51. The van der Waals surface area contributed by atoms with Crippen LogP contribution in [0.15, 0.2) is 42.5 Å². The average Bonchev–Trinajstić information content (AvgIpc) is 2.47. The number of hydrogen-bond acceptors (Lipinski definition) is 2. The zero-order chi connectivity index (χ0) is 14.1. The number of anilines is 1. The summed E-state index contributed by atoms with van der Waals surface area (Å²) in [5, 5.41) is 0.840. The lowest BCUT2D eigenvalue weighted by Crippen LogP contribution is -2.33. The van der Waals surface area contributed by atoms with Crippen LogP contribution in [0.5, 0.6) is 0 Å². The van der Waals surface area contributed by atoms with Gasteiger partial charge in [0.25, 0.3) is 0 Å². The molecule has 1 aliphatic heterocycles. The molecule has 1 unspecified atom stereocenters. The molecule has 0 saturated carbocycles. The number of nitrogens with zero attached hydrogens (tertiary/aromatic N) is 1. The van der Waals surface area contributed by atoms with Crippen LogP contribution in [0.3, 0.4) is 0 Å². The molecule has 3 rings (SSSR count). The Balaban J connectivity index is 1.87. The first-order valence-corrected chi connectivity index (χ1v) is 7.39. The smallest absolute Gasteiger partial charge is 0.0453 e. The lowest BCUT2D eigenvalue weighted by molar-refractivity contribution is 0.193. The highest BCUT2D eigenvalue weighted by molar-refractivity contribution is 6.31. The van der Waals surface area contributed by atoms with E-state index in [9.17, 15) is 0 Å². The summed E-state index contributed by atoms with van der Waals surface area (Å²) >= 11 is 6.32. The molecule has 1 aliphatic rings. The molecule has 0 fully saturated rings. The SMILES string of the molecule is CC(c1ccccc1Cl)N1CCc2cccc(N)c2C1. The van der Waals surface area contributed by atoms with Gasteiger partial charge in [0.1, 0.15) is 0 Å². The third kappa shape index (κ3) is 2.41. The Labute approximate surface area is 125 Å². The number of nitrogens with two attached hydrogens (primary N) is 1. The summed E-state index contributed by atoms with van der Waals surface area (Å²) in [6.45, 7) is 4.16. The molecule has 0 radical (unpaired) electrons. The predicted molar refractivity (Wildman–Crippen MR) is 84.8 cm³/mol. The van der Waals surface area contributed by atoms with Crippen molar-refractivity contribution in [2.75, 3.05) is 12.3 Å². The fraction of sp³-hybridized carbons (Fsp3) is 0.294. The van der Waals surface area contributed by atoms with Gasteiger partial charge in [0.2, 0.25) is 0 Å². The molecule has 2 aromatic rings. The topological polar surface area (TPSA) is 29.3 Å². The Kier molecular flexibility index (Phi) is 3.68. The maximum Gasteiger partial charge on any atom is 0.0453 e. The van der Waals surface area contributed by atoms with E-state index in [0.717, 1.165) is 30.2 Å². The van der Waals surface area contributed by atoms with Crippen LogP contribution in [0, 0.1) is 0 Å². The largest absolute Gasteiger partial charge is 0.398 e. The van der Waals surface area contributed by atoms with E-state index >= 15 is 0 Å². The van der Waals surface area contributed by atoms with Gasteiger partial charge in [-0.25, -0.2) is 0 Å². The van der Waals surface area contributed by atoms with Gasteiger partial charge >= 0.3 is 0 Å². The first-order valence-electron chi connectivity index (χ1n) is 7.01. The molecule has 0 bridgehead atoms. The minimum Gasteiger partial charge on any atom is -0.398 e. The Bertz CT molecular complexity index is 624. The lowest BCUT2D eigenvalue weighted by Gasteiger charge is -2.34. The third-order valence-electron chi connectivity index (χ3n) is 4.24. The summed E-state index contributed by atoms with van der Waals surface area (Å²) in [5.41, 5.74) is 10.9. The van der Waals surface area contributed by atoms with Crippen molar-refractivity contribution in [3.63, 3.8) is 0 Å². The zero-order valence-corrected chi connectivity index (χ0v) is 12.4. The lowest BCUT2D eigenvalue weighted by atomic mass is 9.95. The van der Waals surface area contributed by atoms with Crippen molar-refractivity contribution >= 4 is 17.3 Å². The third-order valence-corrected chi connectivity index (χ3v) is 4.59. The van der Waals surface area contributed by atoms with Crippen molar-refractivity contribution in [1.82, 2.24) is 4.90 Å². The molecule has 2 N–H and O–H groups in total. The van der Waals surface area contributed by atoms with Crippen LogP contribution in [-0.4, -0.2) is 11.4 Å². The Morgan fingerprint density at radius 1 is 1.15 bits per heavy atom. The average molecular weight is 287 g/mol. The second-order valence-electron chi connectivity index (χ2n) is 5.40. The second kappa shape index (κ2) is 5.47. The van der Waals surface area contributed by atoms with Crippen LogP contribution < -0.4 is 5.73 Å². The van der Waals surface area contributed by atoms with Gasteiger partial charge in [0, 0.05) is 29.8 Å². The molecule has 20 heavy (non-hydrogen) atoms. The van der Waals surface area contributed by atoms with E-state index in [1.807, 2.05) is 30.3 Å². The summed E-state index contributed by atoms with van der Waals surface area (Å²) in [6, 6.07) is 14.6. The van der Waals surface area contributed by atoms with Crippen molar-refractivity contribution in [3.05, 3.63) is 64.2 Å². The second-order valence-corrected chi connectivity index (χ2v) is 5.81. The first-order chi connectivity index (χ1) is 9.66. The van der Waals surface area contributed by atoms with Gasteiger partial charge in [-0.3, -0.25) is 4.90 Å². The van der Waals surface area contributed by atoms with Crippen LogP contribution in [0.2, 0.25) is 5.02 Å². The number of halogens is 1. The number of nitrogen functional groups attached to an aromatic ring is 1. The maximum absolute atomic E-state index is 6.32. The number of hydrogen-bond donors (Lipinski definition) is 1. The van der Waals surface area contributed by atoms with Crippen molar-refractivity contribution in [2.45, 2.75) is 25.9 Å². The van der Waals surface area contributed by atoms with Gasteiger partial charge in [-0.2, -0.15) is 0 Å². The van der Waals surface area contributed by atoms with E-state index in [2.05, 4.69) is 24.0 Å². The molecule has 2 nitrogen and oxygen atoms in total. The van der Waals surface area contributed by atoms with Crippen LogP contribution >= 0.6 is 11.6 Å². The molecule has 104 valence electrons. The summed E-state index contributed by atoms with van der Waals surface area (Å²) in [7, 11) is 0. The quantitative estimate of drug-likeness (QED) is 0.844. The van der Waals surface area contributed by atoms with Crippen molar-refractivity contribution in [1.29, 1.82) is 0 Å². The molecular formula is C17H19ClN2. The standard InChI is InChI=1S/C17H19ClN2/c1-12(14-6-2-3-7-16(14)18)20-10-9-13-5-4-8-17(19)15(13)11-20/h2-8,12H,9-11,19H2,1H3. The summed E-state index contributed by atoms with van der Waals surface area (Å²) in [4.78, 5) is 2.44. The van der Waals surface area contributed by atoms with Crippen LogP contribution in [-0.2, 0) is 13.0 Å². The van der Waals surface area contributed by atoms with E-state index in [1.54, 1.807) is 0 Å². The van der Waals surface area contributed by atoms with Gasteiger partial charge in [0.05, 0.1) is 0 Å². The predicted octanol–water partition coefficient (Wildman–Crippen LogP) is 4.04. The molecular weight excluding hydrogens is 268 g/mol. The molecule has 0 spiro atoms. The fourth-order valence-corrected chi connectivity index (χ4v) is 3.26. The summed E-state index contributed by atoms with van der Waals surface area (Å²) in [6.07, 6.45) is 1.05. The van der Waals surface area contributed by atoms with E-state index in [4.69, 9.17) is 17.3 Å². The van der Waals surface area contributed by atoms with E-state index in [1.165, 1.54) is 16.7 Å². The molecule has 0 amide bonds. The van der Waals surface area contributed by atoms with Gasteiger partial charge in [-0.1, -0.05) is 41.9 Å². The van der Waals surface area contributed by atoms with E-state index < -0.39 is 0 Å². The Morgan fingerprint density at radius 2 is 1.95 bits per heavy atom. The van der Waals surface area contributed by atoms with Crippen LogP contribution in [0.25, 0.3) is 0 Å². The highest BCUT2D eigenvalue weighted by Crippen LogP contribution is 2.32. The fourth-order valence-electron chi connectivity index (χ4n) is 2.97. The monoisotopic (exact) mass is 286 g/mol. The molecule has 3 heteroatoms. The van der Waals surface area contributed by atoms with Crippen molar-refractivity contribution < 1.29 is 0 Å². The highest BCUT2D eigenvalue weighted by atomic mass is 35.5. The molecule has 1 atom stereocenters. The van der Waals surface area contributed by atoms with Gasteiger partial charge in [-0.15, -0.1) is 0 Å². The molecule has 0 saturated heterocycles. The summed E-state index contributed by atoms with van der Waals surface area (Å²) < 4.78 is 0. The molecule has 0 aromatic heterocycles. The van der Waals surface area contributed by atoms with Gasteiger partial charge in [0.15, 0.2) is 0 Å².